The van der Waals surface area contributed by atoms with Crippen LogP contribution in [0.1, 0.15) is 29.5 Å². The minimum Gasteiger partial charge on any atom is -0.496 e. The summed E-state index contributed by atoms with van der Waals surface area (Å²) >= 11 is 0. The number of rotatable bonds is 8. The second kappa shape index (κ2) is 8.11. The first kappa shape index (κ1) is 15.0. The van der Waals surface area contributed by atoms with Gasteiger partial charge in [0, 0.05) is 12.1 Å². The van der Waals surface area contributed by atoms with E-state index in [9.17, 15) is 0 Å². The van der Waals surface area contributed by atoms with Gasteiger partial charge in [0.2, 0.25) is 0 Å². The predicted molar refractivity (Wildman–Crippen MR) is 77.3 cm³/mol. The van der Waals surface area contributed by atoms with Crippen molar-refractivity contribution in [3.8, 4) is 5.75 Å². The molecule has 0 aliphatic rings. The molecule has 0 heterocycles. The number of unbranched alkanes of at least 4 members (excludes halogenated alkanes) is 1. The van der Waals surface area contributed by atoms with E-state index in [4.69, 9.17) is 4.74 Å². The van der Waals surface area contributed by atoms with Crippen LogP contribution in [0.25, 0.3) is 0 Å². The van der Waals surface area contributed by atoms with Gasteiger partial charge >= 0.3 is 0 Å². The van der Waals surface area contributed by atoms with Crippen LogP contribution in [-0.4, -0.2) is 27.2 Å². The first-order valence-corrected chi connectivity index (χ1v) is 6.68. The average Bonchev–Trinajstić information content (AvgIpc) is 2.33. The molecule has 0 radical (unpaired) electrons. The van der Waals surface area contributed by atoms with Crippen LogP contribution in [-0.2, 0) is 6.54 Å². The van der Waals surface area contributed by atoms with Crippen LogP contribution < -0.4 is 15.4 Å². The Morgan fingerprint density at radius 3 is 2.50 bits per heavy atom. The summed E-state index contributed by atoms with van der Waals surface area (Å²) in [6.07, 6.45) is 2.42. The first-order valence-electron chi connectivity index (χ1n) is 6.68. The van der Waals surface area contributed by atoms with Gasteiger partial charge in [-0.25, -0.2) is 0 Å². The van der Waals surface area contributed by atoms with Crippen LogP contribution in [0.5, 0.6) is 5.75 Å². The summed E-state index contributed by atoms with van der Waals surface area (Å²) in [4.78, 5) is 0. The summed E-state index contributed by atoms with van der Waals surface area (Å²) in [5.41, 5.74) is 3.76. The maximum Gasteiger partial charge on any atom is 0.126 e. The molecule has 0 amide bonds. The van der Waals surface area contributed by atoms with Crippen molar-refractivity contribution in [3.05, 3.63) is 28.8 Å². The van der Waals surface area contributed by atoms with E-state index in [1.807, 2.05) is 7.05 Å². The van der Waals surface area contributed by atoms with Crippen molar-refractivity contribution in [3.63, 3.8) is 0 Å². The quantitative estimate of drug-likeness (QED) is 0.695. The van der Waals surface area contributed by atoms with E-state index in [0.717, 1.165) is 25.4 Å². The molecular formula is C15H26N2O. The molecule has 0 unspecified atom stereocenters. The Labute approximate surface area is 111 Å². The minimum absolute atomic E-state index is 0.880. The van der Waals surface area contributed by atoms with Gasteiger partial charge in [-0.3, -0.25) is 0 Å². The zero-order chi connectivity index (χ0) is 13.4. The lowest BCUT2D eigenvalue weighted by Crippen LogP contribution is -2.17. The molecule has 3 nitrogen and oxygen atoms in total. The predicted octanol–water partition coefficient (Wildman–Crippen LogP) is 2.40. The van der Waals surface area contributed by atoms with E-state index < -0.39 is 0 Å². The largest absolute Gasteiger partial charge is 0.496 e. The van der Waals surface area contributed by atoms with Crippen molar-refractivity contribution in [2.24, 2.45) is 0 Å². The highest BCUT2D eigenvalue weighted by molar-refractivity contribution is 5.43. The lowest BCUT2D eigenvalue weighted by atomic mass is 10.1. The fourth-order valence-electron chi connectivity index (χ4n) is 2.24. The highest BCUT2D eigenvalue weighted by Gasteiger charge is 2.06. The minimum atomic E-state index is 0.880. The molecule has 2 N–H and O–H groups in total. The second-order valence-electron chi connectivity index (χ2n) is 4.76. The SMILES string of the molecule is CNCCCCNCc1cc(C)cc(C)c1OC. The smallest absolute Gasteiger partial charge is 0.126 e. The highest BCUT2D eigenvalue weighted by atomic mass is 16.5. The summed E-state index contributed by atoms with van der Waals surface area (Å²) in [7, 11) is 3.74. The summed E-state index contributed by atoms with van der Waals surface area (Å²) in [5, 5.41) is 6.64. The molecule has 0 atom stereocenters. The van der Waals surface area contributed by atoms with Gasteiger partial charge in [-0.2, -0.15) is 0 Å². The van der Waals surface area contributed by atoms with Gasteiger partial charge in [0.05, 0.1) is 7.11 Å². The maximum absolute atomic E-state index is 5.48. The zero-order valence-corrected chi connectivity index (χ0v) is 12.1. The van der Waals surface area contributed by atoms with Crippen LogP contribution in [0.4, 0.5) is 0 Å². The van der Waals surface area contributed by atoms with Crippen LogP contribution in [0.2, 0.25) is 0 Å². The molecule has 3 heteroatoms. The maximum atomic E-state index is 5.48. The molecule has 18 heavy (non-hydrogen) atoms. The number of hydrogen-bond acceptors (Lipinski definition) is 3. The third-order valence-corrected chi connectivity index (χ3v) is 3.05. The molecule has 0 bridgehead atoms. The van der Waals surface area contributed by atoms with E-state index in [0.29, 0.717) is 0 Å². The lowest BCUT2D eigenvalue weighted by Gasteiger charge is -2.13. The van der Waals surface area contributed by atoms with Gasteiger partial charge in [-0.15, -0.1) is 0 Å². The Hall–Kier alpha value is -1.06. The second-order valence-corrected chi connectivity index (χ2v) is 4.76. The van der Waals surface area contributed by atoms with Crippen LogP contribution >= 0.6 is 0 Å². The number of aryl methyl sites for hydroxylation is 2. The van der Waals surface area contributed by atoms with Crippen molar-refractivity contribution in [1.29, 1.82) is 0 Å². The summed E-state index contributed by atoms with van der Waals surface area (Å²) in [6, 6.07) is 4.36. The standard InChI is InChI=1S/C15H26N2O/c1-12-9-13(2)15(18-4)14(10-12)11-17-8-6-5-7-16-3/h9-10,16-17H,5-8,11H2,1-4H3. The molecule has 0 saturated carbocycles. The monoisotopic (exact) mass is 250 g/mol. The van der Waals surface area contributed by atoms with Crippen molar-refractivity contribution >= 4 is 0 Å². The molecule has 0 fully saturated rings. The van der Waals surface area contributed by atoms with E-state index in [2.05, 4.69) is 36.6 Å². The van der Waals surface area contributed by atoms with Crippen molar-refractivity contribution in [2.75, 3.05) is 27.2 Å². The van der Waals surface area contributed by atoms with Gasteiger partial charge in [0.15, 0.2) is 0 Å². The molecule has 1 aromatic carbocycles. The average molecular weight is 250 g/mol. The van der Waals surface area contributed by atoms with Gasteiger partial charge in [0.1, 0.15) is 5.75 Å². The van der Waals surface area contributed by atoms with E-state index in [-0.39, 0.29) is 0 Å². The summed E-state index contributed by atoms with van der Waals surface area (Å²) in [6.45, 7) is 7.25. The Morgan fingerprint density at radius 1 is 1.11 bits per heavy atom. The number of benzene rings is 1. The molecule has 0 spiro atoms. The molecule has 0 aliphatic carbocycles. The van der Waals surface area contributed by atoms with Gasteiger partial charge in [-0.1, -0.05) is 17.7 Å². The molecular weight excluding hydrogens is 224 g/mol. The van der Waals surface area contributed by atoms with Gasteiger partial charge in [-0.05, 0) is 52.4 Å². The van der Waals surface area contributed by atoms with E-state index in [1.165, 1.54) is 29.5 Å². The van der Waals surface area contributed by atoms with Crippen molar-refractivity contribution in [2.45, 2.75) is 33.2 Å². The van der Waals surface area contributed by atoms with Crippen LogP contribution in [0, 0.1) is 13.8 Å². The Morgan fingerprint density at radius 2 is 1.83 bits per heavy atom. The van der Waals surface area contributed by atoms with Crippen LogP contribution in [0.15, 0.2) is 12.1 Å². The molecule has 0 aliphatic heterocycles. The molecule has 0 aromatic heterocycles. The third kappa shape index (κ3) is 4.67. The number of hydrogen-bond donors (Lipinski definition) is 2. The van der Waals surface area contributed by atoms with Gasteiger partial charge < -0.3 is 15.4 Å². The Kier molecular flexibility index (Phi) is 6.76. The van der Waals surface area contributed by atoms with E-state index >= 15 is 0 Å². The van der Waals surface area contributed by atoms with Crippen LogP contribution in [0.3, 0.4) is 0 Å². The lowest BCUT2D eigenvalue weighted by molar-refractivity contribution is 0.404. The highest BCUT2D eigenvalue weighted by Crippen LogP contribution is 2.24. The number of ether oxygens (including phenoxy) is 1. The fraction of sp³-hybridized carbons (Fsp3) is 0.600. The summed E-state index contributed by atoms with van der Waals surface area (Å²) in [5.74, 6) is 1.02. The molecule has 1 aromatic rings. The van der Waals surface area contributed by atoms with Crippen molar-refractivity contribution < 1.29 is 4.74 Å². The van der Waals surface area contributed by atoms with E-state index in [1.54, 1.807) is 7.11 Å². The Bertz CT molecular complexity index is 364. The topological polar surface area (TPSA) is 33.3 Å². The zero-order valence-electron chi connectivity index (χ0n) is 12.1. The third-order valence-electron chi connectivity index (χ3n) is 3.05. The Balaban J connectivity index is 2.46. The first-order chi connectivity index (χ1) is 8.69. The van der Waals surface area contributed by atoms with Crippen molar-refractivity contribution in [1.82, 2.24) is 10.6 Å². The van der Waals surface area contributed by atoms with Gasteiger partial charge in [0.25, 0.3) is 0 Å². The normalized spacial score (nSPS) is 10.7. The number of methoxy groups -OCH3 is 1. The number of nitrogens with one attached hydrogen (secondary N) is 2. The molecule has 102 valence electrons. The fourth-order valence-corrected chi connectivity index (χ4v) is 2.24. The molecule has 1 rings (SSSR count). The summed E-state index contributed by atoms with van der Waals surface area (Å²) < 4.78 is 5.48. The molecule has 0 saturated heterocycles.